The molecule has 0 spiro atoms. The molecule has 0 atom stereocenters. The van der Waals surface area contributed by atoms with Crippen LogP contribution in [0.5, 0.6) is 0 Å². The minimum absolute atomic E-state index is 0. The second kappa shape index (κ2) is 12.6. The number of nitrogens with zero attached hydrogens (tertiary/aromatic N) is 4. The number of hydrogen-bond donors (Lipinski definition) is 1. The van der Waals surface area contributed by atoms with E-state index >= 15 is 0 Å². The highest BCUT2D eigenvalue weighted by molar-refractivity contribution is 5.96. The van der Waals surface area contributed by atoms with Crippen molar-refractivity contribution in [2.24, 2.45) is 0 Å². The molecule has 0 aromatic heterocycles. The highest BCUT2D eigenvalue weighted by atomic mass is 35.5. The van der Waals surface area contributed by atoms with Crippen molar-refractivity contribution in [2.45, 2.75) is 19.3 Å². The van der Waals surface area contributed by atoms with Gasteiger partial charge in [-0.2, -0.15) is 0 Å². The lowest BCUT2D eigenvalue weighted by atomic mass is 10.0. The summed E-state index contributed by atoms with van der Waals surface area (Å²) in [7, 11) is 0. The van der Waals surface area contributed by atoms with Crippen molar-refractivity contribution in [2.75, 3.05) is 76.9 Å². The van der Waals surface area contributed by atoms with Gasteiger partial charge in [0.1, 0.15) is 0 Å². The topological polar surface area (TPSA) is 59.1 Å². The SMILES string of the molecule is Cl.Cl.O=C(CCN1CCN(CC(=O)N2CCCc3ccccc32)CC1)N1CCNCC1. The largest absolute Gasteiger partial charge is 0.340 e. The van der Waals surface area contributed by atoms with Crippen molar-refractivity contribution in [3.8, 4) is 0 Å². The van der Waals surface area contributed by atoms with Gasteiger partial charge in [-0.1, -0.05) is 18.2 Å². The van der Waals surface area contributed by atoms with Crippen LogP contribution in [0.1, 0.15) is 18.4 Å². The molecule has 9 heteroatoms. The number of hydrogen-bond acceptors (Lipinski definition) is 5. The van der Waals surface area contributed by atoms with Crippen molar-refractivity contribution in [3.63, 3.8) is 0 Å². The van der Waals surface area contributed by atoms with E-state index in [4.69, 9.17) is 0 Å². The minimum atomic E-state index is 0. The van der Waals surface area contributed by atoms with Gasteiger partial charge in [-0.15, -0.1) is 24.8 Å². The molecule has 0 aliphatic carbocycles. The van der Waals surface area contributed by atoms with Crippen LogP contribution < -0.4 is 10.2 Å². The van der Waals surface area contributed by atoms with E-state index in [-0.39, 0.29) is 36.6 Å². The van der Waals surface area contributed by atoms with Crippen molar-refractivity contribution < 1.29 is 9.59 Å². The first-order valence-electron chi connectivity index (χ1n) is 11.0. The van der Waals surface area contributed by atoms with Crippen molar-refractivity contribution in [1.29, 1.82) is 0 Å². The standard InChI is InChI=1S/C22H33N5O2.2ClH/c28-21(26-12-8-23-9-13-26)7-11-24-14-16-25(17-15-24)18-22(29)27-10-3-5-19-4-1-2-6-20(19)27;;/h1-2,4,6,23H,3,5,7-18H2;2*1H. The summed E-state index contributed by atoms with van der Waals surface area (Å²) >= 11 is 0. The maximum Gasteiger partial charge on any atom is 0.241 e. The fourth-order valence-corrected chi connectivity index (χ4v) is 4.57. The average Bonchev–Trinajstić information content (AvgIpc) is 2.78. The van der Waals surface area contributed by atoms with Gasteiger partial charge in [0.05, 0.1) is 6.54 Å². The number of para-hydroxylation sites is 1. The zero-order valence-corrected chi connectivity index (χ0v) is 19.8. The summed E-state index contributed by atoms with van der Waals surface area (Å²) in [5.74, 6) is 0.479. The molecule has 0 saturated carbocycles. The molecule has 31 heavy (non-hydrogen) atoms. The van der Waals surface area contributed by atoms with Crippen LogP contribution in [0, 0.1) is 0 Å². The Morgan fingerprint density at radius 3 is 2.26 bits per heavy atom. The Morgan fingerprint density at radius 1 is 0.839 bits per heavy atom. The molecule has 174 valence electrons. The summed E-state index contributed by atoms with van der Waals surface area (Å²) in [6.45, 7) is 9.24. The summed E-state index contributed by atoms with van der Waals surface area (Å²) in [5.41, 5.74) is 2.37. The van der Waals surface area contributed by atoms with Crippen molar-refractivity contribution in [3.05, 3.63) is 29.8 Å². The quantitative estimate of drug-likeness (QED) is 0.699. The Morgan fingerprint density at radius 2 is 1.52 bits per heavy atom. The predicted molar refractivity (Wildman–Crippen MR) is 129 cm³/mol. The van der Waals surface area contributed by atoms with E-state index in [1.807, 2.05) is 15.9 Å². The molecule has 3 aliphatic heterocycles. The molecule has 0 radical (unpaired) electrons. The molecular weight excluding hydrogens is 437 g/mol. The van der Waals surface area contributed by atoms with E-state index < -0.39 is 0 Å². The van der Waals surface area contributed by atoms with E-state index in [9.17, 15) is 9.59 Å². The highest BCUT2D eigenvalue weighted by Crippen LogP contribution is 2.26. The number of rotatable bonds is 5. The third-order valence-electron chi connectivity index (χ3n) is 6.35. The Labute approximate surface area is 197 Å². The van der Waals surface area contributed by atoms with Gasteiger partial charge in [-0.3, -0.25) is 14.5 Å². The van der Waals surface area contributed by atoms with Crippen molar-refractivity contribution in [1.82, 2.24) is 20.0 Å². The van der Waals surface area contributed by atoms with Crippen LogP contribution in [-0.2, 0) is 16.0 Å². The molecule has 2 fully saturated rings. The molecule has 2 saturated heterocycles. The van der Waals surface area contributed by atoms with E-state index in [0.29, 0.717) is 13.0 Å². The fourth-order valence-electron chi connectivity index (χ4n) is 4.57. The summed E-state index contributed by atoms with van der Waals surface area (Å²) in [5, 5.41) is 3.28. The van der Waals surface area contributed by atoms with Crippen LogP contribution in [0.4, 0.5) is 5.69 Å². The van der Waals surface area contributed by atoms with E-state index in [1.165, 1.54) is 5.56 Å². The first-order chi connectivity index (χ1) is 14.2. The molecule has 0 unspecified atom stereocenters. The molecule has 1 aromatic rings. The van der Waals surface area contributed by atoms with Crippen LogP contribution in [0.15, 0.2) is 24.3 Å². The molecule has 3 heterocycles. The summed E-state index contributed by atoms with van der Waals surface area (Å²) in [6.07, 6.45) is 2.70. The van der Waals surface area contributed by atoms with Gasteiger partial charge in [0.2, 0.25) is 11.8 Å². The van der Waals surface area contributed by atoms with Gasteiger partial charge < -0.3 is 20.0 Å². The number of aryl methyl sites for hydroxylation is 1. The van der Waals surface area contributed by atoms with Crippen LogP contribution >= 0.6 is 24.8 Å². The molecule has 7 nitrogen and oxygen atoms in total. The molecule has 1 aromatic carbocycles. The monoisotopic (exact) mass is 471 g/mol. The number of carbonyl (C=O) groups is 2. The van der Waals surface area contributed by atoms with Crippen LogP contribution in [0.2, 0.25) is 0 Å². The molecule has 2 amide bonds. The Hall–Kier alpha value is -1.38. The summed E-state index contributed by atoms with van der Waals surface area (Å²) in [4.78, 5) is 33.8. The van der Waals surface area contributed by atoms with Crippen molar-refractivity contribution >= 4 is 42.3 Å². The lowest BCUT2D eigenvalue weighted by molar-refractivity contribution is -0.132. The van der Waals surface area contributed by atoms with Gasteiger partial charge in [-0.25, -0.2) is 0 Å². The molecule has 4 rings (SSSR count). The summed E-state index contributed by atoms with van der Waals surface area (Å²) in [6, 6.07) is 8.28. The summed E-state index contributed by atoms with van der Waals surface area (Å²) < 4.78 is 0. The number of carbonyl (C=O) groups excluding carboxylic acids is 2. The number of nitrogens with one attached hydrogen (secondary N) is 1. The molecule has 0 bridgehead atoms. The highest BCUT2D eigenvalue weighted by Gasteiger charge is 2.26. The number of amides is 2. The lowest BCUT2D eigenvalue weighted by Crippen LogP contribution is -2.51. The lowest BCUT2D eigenvalue weighted by Gasteiger charge is -2.36. The number of piperazine rings is 2. The second-order valence-electron chi connectivity index (χ2n) is 8.28. The normalized spacial score (nSPS) is 19.7. The first-order valence-corrected chi connectivity index (χ1v) is 11.0. The second-order valence-corrected chi connectivity index (χ2v) is 8.28. The maximum absolute atomic E-state index is 12.9. The number of fused-ring (bicyclic) bond motifs is 1. The third-order valence-corrected chi connectivity index (χ3v) is 6.35. The Bertz CT molecular complexity index is 722. The number of benzene rings is 1. The van der Waals surface area contributed by atoms with Gasteiger partial charge in [0.15, 0.2) is 0 Å². The number of halogens is 2. The minimum Gasteiger partial charge on any atom is -0.340 e. The Kier molecular flexibility index (Phi) is 10.5. The van der Waals surface area contributed by atoms with E-state index in [1.54, 1.807) is 0 Å². The van der Waals surface area contributed by atoms with Gasteiger partial charge in [0.25, 0.3) is 0 Å². The number of anilines is 1. The maximum atomic E-state index is 12.9. The smallest absolute Gasteiger partial charge is 0.241 e. The third kappa shape index (κ3) is 6.80. The van der Waals surface area contributed by atoms with Gasteiger partial charge >= 0.3 is 0 Å². The predicted octanol–water partition coefficient (Wildman–Crippen LogP) is 1.25. The zero-order chi connectivity index (χ0) is 20.1. The zero-order valence-electron chi connectivity index (χ0n) is 18.1. The fraction of sp³-hybridized carbons (Fsp3) is 0.636. The van der Waals surface area contributed by atoms with Crippen LogP contribution in [0.3, 0.4) is 0 Å². The Balaban J connectivity index is 0.00000171. The van der Waals surface area contributed by atoms with E-state index in [2.05, 4.69) is 33.3 Å². The van der Waals surface area contributed by atoms with Crippen LogP contribution in [0.25, 0.3) is 0 Å². The molecular formula is C22H35Cl2N5O2. The van der Waals surface area contributed by atoms with Gasteiger partial charge in [-0.05, 0) is 24.5 Å². The van der Waals surface area contributed by atoms with E-state index in [0.717, 1.165) is 84.0 Å². The average molecular weight is 472 g/mol. The molecule has 1 N–H and O–H groups in total. The van der Waals surface area contributed by atoms with Crippen LogP contribution in [-0.4, -0.2) is 98.5 Å². The van der Waals surface area contributed by atoms with Gasteiger partial charge in [0, 0.05) is 77.6 Å². The molecule has 3 aliphatic rings. The first kappa shape index (κ1) is 25.9.